The lowest BCUT2D eigenvalue weighted by atomic mass is 10.3. The van der Waals surface area contributed by atoms with Gasteiger partial charge in [-0.05, 0) is 19.3 Å². The van der Waals surface area contributed by atoms with Crippen LogP contribution in [-0.2, 0) is 16.4 Å². The number of rotatable bonds is 4. The smallest absolute Gasteiger partial charge is 0.236 e. The number of H-pyrrole nitrogens is 1. The van der Waals surface area contributed by atoms with Crippen molar-refractivity contribution in [2.24, 2.45) is 0 Å². The quantitative estimate of drug-likeness (QED) is 0.782. The van der Waals surface area contributed by atoms with E-state index < -0.39 is 10.0 Å². The maximum Gasteiger partial charge on any atom is 0.236 e. The number of aromatic amines is 1. The molecule has 0 atom stereocenters. The molecule has 0 unspecified atom stereocenters. The van der Waals surface area contributed by atoms with Crippen molar-refractivity contribution in [3.05, 3.63) is 11.8 Å². The molecule has 1 aromatic rings. The minimum Gasteiger partial charge on any atom is -0.280 e. The topological polar surface area (TPSA) is 74.8 Å². The predicted octanol–water partition coefficient (Wildman–Crippen LogP) is 0.876. The highest BCUT2D eigenvalue weighted by atomic mass is 32.2. The van der Waals surface area contributed by atoms with Gasteiger partial charge in [0.25, 0.3) is 0 Å². The zero-order chi connectivity index (χ0) is 10.2. The highest BCUT2D eigenvalue weighted by molar-refractivity contribution is 7.93. The van der Waals surface area contributed by atoms with Gasteiger partial charge in [-0.2, -0.15) is 5.10 Å². The van der Waals surface area contributed by atoms with Gasteiger partial charge in [0.1, 0.15) is 0 Å². The van der Waals surface area contributed by atoms with Gasteiger partial charge in [0.05, 0.1) is 5.25 Å². The molecule has 0 amide bonds. The molecule has 1 aliphatic rings. The average molecular weight is 215 g/mol. The van der Waals surface area contributed by atoms with E-state index >= 15 is 0 Å². The Hall–Kier alpha value is -1.04. The van der Waals surface area contributed by atoms with Gasteiger partial charge in [0.2, 0.25) is 10.0 Å². The van der Waals surface area contributed by atoms with Crippen molar-refractivity contribution < 1.29 is 8.42 Å². The fourth-order valence-electron chi connectivity index (χ4n) is 1.20. The molecule has 0 spiro atoms. The van der Waals surface area contributed by atoms with Gasteiger partial charge >= 0.3 is 0 Å². The summed E-state index contributed by atoms with van der Waals surface area (Å²) >= 11 is 0. The van der Waals surface area contributed by atoms with Crippen LogP contribution in [0.4, 0.5) is 5.82 Å². The number of hydrogen-bond donors (Lipinski definition) is 2. The Morgan fingerprint density at radius 2 is 2.36 bits per heavy atom. The predicted molar refractivity (Wildman–Crippen MR) is 53.5 cm³/mol. The summed E-state index contributed by atoms with van der Waals surface area (Å²) in [6.07, 6.45) is 2.35. The van der Waals surface area contributed by atoms with Gasteiger partial charge in [-0.3, -0.25) is 9.82 Å². The van der Waals surface area contributed by atoms with Crippen molar-refractivity contribution in [3.8, 4) is 0 Å². The lowest BCUT2D eigenvalue weighted by Gasteiger charge is -2.01. The van der Waals surface area contributed by atoms with E-state index in [2.05, 4.69) is 14.9 Å². The maximum atomic E-state index is 11.5. The van der Waals surface area contributed by atoms with Gasteiger partial charge in [-0.1, -0.05) is 6.92 Å². The molecule has 1 aromatic heterocycles. The van der Waals surface area contributed by atoms with Crippen LogP contribution in [0.3, 0.4) is 0 Å². The second-order valence-corrected chi connectivity index (χ2v) is 5.44. The Kier molecular flexibility index (Phi) is 2.22. The molecular formula is C8H13N3O2S. The van der Waals surface area contributed by atoms with Crippen LogP contribution in [0, 0.1) is 0 Å². The van der Waals surface area contributed by atoms with E-state index in [-0.39, 0.29) is 5.25 Å². The molecule has 0 aromatic carbocycles. The largest absolute Gasteiger partial charge is 0.280 e. The number of aromatic nitrogens is 2. The van der Waals surface area contributed by atoms with Crippen LogP contribution in [0.2, 0.25) is 0 Å². The standard InChI is InChI=1S/C8H13N3O2S/c1-2-6-5-8(10-9-6)11-14(12,13)7-3-4-7/h5,7H,2-4H2,1H3,(H2,9,10,11). The minimum absolute atomic E-state index is 0.204. The highest BCUT2D eigenvalue weighted by Gasteiger charge is 2.36. The molecule has 5 nitrogen and oxygen atoms in total. The Morgan fingerprint density at radius 1 is 1.64 bits per heavy atom. The van der Waals surface area contributed by atoms with Crippen molar-refractivity contribution >= 4 is 15.8 Å². The van der Waals surface area contributed by atoms with Crippen molar-refractivity contribution in [3.63, 3.8) is 0 Å². The number of hydrogen-bond acceptors (Lipinski definition) is 3. The second kappa shape index (κ2) is 3.27. The number of nitrogens with zero attached hydrogens (tertiary/aromatic N) is 1. The summed E-state index contributed by atoms with van der Waals surface area (Å²) in [6, 6.07) is 1.72. The Morgan fingerprint density at radius 3 is 2.86 bits per heavy atom. The van der Waals surface area contributed by atoms with E-state index in [9.17, 15) is 8.42 Å². The molecule has 6 heteroatoms. The summed E-state index contributed by atoms with van der Waals surface area (Å²) in [7, 11) is -3.17. The molecular weight excluding hydrogens is 202 g/mol. The molecule has 0 saturated heterocycles. The monoisotopic (exact) mass is 215 g/mol. The number of nitrogens with one attached hydrogen (secondary N) is 2. The number of anilines is 1. The first kappa shape index (κ1) is 9.51. The Bertz CT molecular complexity index is 420. The Labute approximate surface area is 83.0 Å². The summed E-state index contributed by atoms with van der Waals surface area (Å²) in [4.78, 5) is 0. The first-order chi connectivity index (χ1) is 6.62. The van der Waals surface area contributed by atoms with Crippen LogP contribution >= 0.6 is 0 Å². The normalized spacial score (nSPS) is 16.9. The molecule has 0 bridgehead atoms. The summed E-state index contributed by atoms with van der Waals surface area (Å²) < 4.78 is 25.5. The van der Waals surface area contributed by atoms with Crippen molar-refractivity contribution in [2.75, 3.05) is 4.72 Å². The summed E-state index contributed by atoms with van der Waals surface area (Å²) in [5, 5.41) is 6.42. The zero-order valence-electron chi connectivity index (χ0n) is 7.95. The van der Waals surface area contributed by atoms with Gasteiger partial charge < -0.3 is 0 Å². The van der Waals surface area contributed by atoms with Crippen LogP contribution < -0.4 is 4.72 Å². The van der Waals surface area contributed by atoms with Gasteiger partial charge in [-0.15, -0.1) is 0 Å². The fourth-order valence-corrected chi connectivity index (χ4v) is 2.52. The number of sulfonamides is 1. The van der Waals surface area contributed by atoms with Crippen molar-refractivity contribution in [2.45, 2.75) is 31.4 Å². The highest BCUT2D eigenvalue weighted by Crippen LogP contribution is 2.29. The molecule has 1 aliphatic carbocycles. The zero-order valence-corrected chi connectivity index (χ0v) is 8.76. The third kappa shape index (κ3) is 1.89. The first-order valence-corrected chi connectivity index (χ1v) is 6.22. The molecule has 1 heterocycles. The molecule has 2 rings (SSSR count). The third-order valence-electron chi connectivity index (χ3n) is 2.22. The molecule has 2 N–H and O–H groups in total. The van der Waals surface area contributed by atoms with E-state index in [1.807, 2.05) is 6.92 Å². The molecule has 14 heavy (non-hydrogen) atoms. The van der Waals surface area contributed by atoms with E-state index in [4.69, 9.17) is 0 Å². The van der Waals surface area contributed by atoms with Crippen LogP contribution in [0.25, 0.3) is 0 Å². The minimum atomic E-state index is -3.17. The van der Waals surface area contributed by atoms with Crippen LogP contribution in [0.5, 0.6) is 0 Å². The maximum absolute atomic E-state index is 11.5. The summed E-state index contributed by atoms with van der Waals surface area (Å²) in [6.45, 7) is 1.98. The van der Waals surface area contributed by atoms with Crippen molar-refractivity contribution in [1.29, 1.82) is 0 Å². The second-order valence-electron chi connectivity index (χ2n) is 3.48. The first-order valence-electron chi connectivity index (χ1n) is 4.67. The summed E-state index contributed by atoms with van der Waals surface area (Å²) in [5.74, 6) is 0.397. The molecule has 78 valence electrons. The van der Waals surface area contributed by atoms with Crippen LogP contribution in [-0.4, -0.2) is 23.9 Å². The van der Waals surface area contributed by atoms with E-state index in [1.165, 1.54) is 0 Å². The van der Waals surface area contributed by atoms with Gasteiger partial charge in [0, 0.05) is 11.8 Å². The lowest BCUT2D eigenvalue weighted by molar-refractivity contribution is 0.600. The third-order valence-corrected chi connectivity index (χ3v) is 4.06. The van der Waals surface area contributed by atoms with Gasteiger partial charge in [-0.25, -0.2) is 8.42 Å². The SMILES string of the molecule is CCc1cc(NS(=O)(=O)C2CC2)n[nH]1. The van der Waals surface area contributed by atoms with Crippen LogP contribution in [0.15, 0.2) is 6.07 Å². The molecule has 1 fully saturated rings. The lowest BCUT2D eigenvalue weighted by Crippen LogP contribution is -2.17. The average Bonchev–Trinajstić information content (AvgIpc) is 2.89. The molecule has 1 saturated carbocycles. The molecule has 0 aliphatic heterocycles. The van der Waals surface area contributed by atoms with E-state index in [0.29, 0.717) is 5.82 Å². The molecule has 0 radical (unpaired) electrons. The number of aryl methyl sites for hydroxylation is 1. The fraction of sp³-hybridized carbons (Fsp3) is 0.625. The van der Waals surface area contributed by atoms with Gasteiger partial charge in [0.15, 0.2) is 5.82 Å². The van der Waals surface area contributed by atoms with E-state index in [1.54, 1.807) is 6.07 Å². The summed E-state index contributed by atoms with van der Waals surface area (Å²) in [5.41, 5.74) is 0.929. The van der Waals surface area contributed by atoms with Crippen LogP contribution in [0.1, 0.15) is 25.5 Å². The van der Waals surface area contributed by atoms with Crippen molar-refractivity contribution in [1.82, 2.24) is 10.2 Å². The van der Waals surface area contributed by atoms with E-state index in [0.717, 1.165) is 25.0 Å². The Balaban J connectivity index is 2.10.